The molecular weight excluding hydrogens is 268 g/mol. The minimum atomic E-state index is -0.867. The molecule has 0 aliphatic carbocycles. The van der Waals surface area contributed by atoms with E-state index >= 15 is 0 Å². The fourth-order valence-corrected chi connectivity index (χ4v) is 2.38. The van der Waals surface area contributed by atoms with E-state index in [1.54, 1.807) is 25.2 Å². The second kappa shape index (κ2) is 5.47. The Morgan fingerprint density at radius 1 is 1.58 bits per heavy atom. The van der Waals surface area contributed by atoms with E-state index in [1.165, 1.54) is 0 Å². The lowest BCUT2D eigenvalue weighted by Crippen LogP contribution is -2.40. The topological polar surface area (TPSA) is 73.6 Å². The molecule has 19 heavy (non-hydrogen) atoms. The van der Waals surface area contributed by atoms with E-state index in [0.717, 1.165) is 5.69 Å². The van der Waals surface area contributed by atoms with Crippen LogP contribution in [0.5, 0.6) is 0 Å². The first kappa shape index (κ1) is 13.7. The number of carboxylic acid groups (broad SMARTS) is 1. The second-order valence-electron chi connectivity index (χ2n) is 4.44. The van der Waals surface area contributed by atoms with Gasteiger partial charge in [-0.1, -0.05) is 11.6 Å². The zero-order valence-corrected chi connectivity index (χ0v) is 11.1. The molecule has 2 rings (SSSR count). The number of likely N-dealkylation sites (N-methyl/N-ethyl adjacent to an activating group) is 1. The highest BCUT2D eigenvalue weighted by Crippen LogP contribution is 2.28. The summed E-state index contributed by atoms with van der Waals surface area (Å²) in [6.45, 7) is 0.583. The molecule has 0 radical (unpaired) electrons. The third-order valence-electron chi connectivity index (χ3n) is 3.35. The van der Waals surface area contributed by atoms with Crippen LogP contribution in [0.1, 0.15) is 5.56 Å². The molecule has 6 heteroatoms. The number of hydrogen-bond acceptors (Lipinski definition) is 4. The average molecular weight is 281 g/mol. The van der Waals surface area contributed by atoms with Gasteiger partial charge in [0.2, 0.25) is 0 Å². The van der Waals surface area contributed by atoms with Crippen LogP contribution >= 0.6 is 11.6 Å². The third-order valence-corrected chi connectivity index (χ3v) is 3.66. The number of anilines is 1. The Balaban J connectivity index is 2.24. The van der Waals surface area contributed by atoms with Gasteiger partial charge in [-0.25, -0.2) is 0 Å². The fourth-order valence-electron chi connectivity index (χ4n) is 2.17. The summed E-state index contributed by atoms with van der Waals surface area (Å²) in [6.07, 6.45) is 0. The van der Waals surface area contributed by atoms with E-state index in [0.29, 0.717) is 17.2 Å². The molecule has 0 spiro atoms. The summed E-state index contributed by atoms with van der Waals surface area (Å²) in [6, 6.07) is 6.79. The first-order chi connectivity index (χ1) is 9.04. The Morgan fingerprint density at radius 3 is 2.89 bits per heavy atom. The zero-order valence-electron chi connectivity index (χ0n) is 10.3. The molecule has 1 heterocycles. The number of ether oxygens (including phenoxy) is 1. The zero-order chi connectivity index (χ0) is 14.0. The first-order valence-corrected chi connectivity index (χ1v) is 6.15. The maximum absolute atomic E-state index is 11.1. The Bertz CT molecular complexity index is 541. The molecule has 100 valence electrons. The van der Waals surface area contributed by atoms with Crippen LogP contribution in [0.2, 0.25) is 5.02 Å². The third kappa shape index (κ3) is 2.65. The van der Waals surface area contributed by atoms with Crippen molar-refractivity contribution in [2.75, 3.05) is 25.2 Å². The van der Waals surface area contributed by atoms with Crippen molar-refractivity contribution in [2.24, 2.45) is 5.92 Å². The standard InChI is InChI=1S/C13H13ClN2O3/c1-16(12-7-19-6-10(12)13(17)18)9-3-2-8(5-15)11(14)4-9/h2-4,10,12H,6-7H2,1H3,(H,17,18). The van der Waals surface area contributed by atoms with E-state index in [4.69, 9.17) is 26.7 Å². The minimum Gasteiger partial charge on any atom is -0.481 e. The van der Waals surface area contributed by atoms with E-state index in [2.05, 4.69) is 0 Å². The van der Waals surface area contributed by atoms with Crippen LogP contribution in [-0.2, 0) is 9.53 Å². The van der Waals surface area contributed by atoms with E-state index in [-0.39, 0.29) is 12.6 Å². The van der Waals surface area contributed by atoms with E-state index in [1.807, 2.05) is 11.0 Å². The number of halogens is 1. The monoisotopic (exact) mass is 280 g/mol. The number of nitrogens with zero attached hydrogens (tertiary/aromatic N) is 2. The molecule has 0 saturated carbocycles. The maximum atomic E-state index is 11.1. The number of aliphatic carboxylic acids is 1. The van der Waals surface area contributed by atoms with Crippen molar-refractivity contribution in [3.63, 3.8) is 0 Å². The van der Waals surface area contributed by atoms with Crippen LogP contribution < -0.4 is 4.90 Å². The summed E-state index contributed by atoms with van der Waals surface area (Å²) in [5.74, 6) is -1.42. The smallest absolute Gasteiger partial charge is 0.311 e. The van der Waals surface area contributed by atoms with E-state index < -0.39 is 11.9 Å². The molecule has 1 fully saturated rings. The highest BCUT2D eigenvalue weighted by Gasteiger charge is 2.36. The summed E-state index contributed by atoms with van der Waals surface area (Å²) in [4.78, 5) is 13.0. The lowest BCUT2D eigenvalue weighted by Gasteiger charge is -2.28. The fraction of sp³-hybridized carbons (Fsp3) is 0.385. The van der Waals surface area contributed by atoms with Crippen molar-refractivity contribution in [3.05, 3.63) is 28.8 Å². The van der Waals surface area contributed by atoms with Gasteiger partial charge in [-0.3, -0.25) is 4.79 Å². The average Bonchev–Trinajstić information content (AvgIpc) is 2.87. The Labute approximate surface area is 116 Å². The summed E-state index contributed by atoms with van der Waals surface area (Å²) < 4.78 is 5.24. The van der Waals surface area contributed by atoms with Crippen LogP contribution in [0.15, 0.2) is 18.2 Å². The number of benzene rings is 1. The van der Waals surface area contributed by atoms with Gasteiger partial charge in [0.25, 0.3) is 0 Å². The van der Waals surface area contributed by atoms with Crippen LogP contribution in [0.4, 0.5) is 5.69 Å². The van der Waals surface area contributed by atoms with Crippen LogP contribution in [0.3, 0.4) is 0 Å². The molecule has 1 N–H and O–H groups in total. The van der Waals surface area contributed by atoms with E-state index in [9.17, 15) is 4.79 Å². The largest absolute Gasteiger partial charge is 0.481 e. The maximum Gasteiger partial charge on any atom is 0.311 e. The van der Waals surface area contributed by atoms with Gasteiger partial charge in [-0.05, 0) is 18.2 Å². The molecule has 2 atom stereocenters. The second-order valence-corrected chi connectivity index (χ2v) is 4.84. The molecule has 0 amide bonds. The van der Waals surface area contributed by atoms with Crippen molar-refractivity contribution >= 4 is 23.3 Å². The molecule has 1 aliphatic heterocycles. The van der Waals surface area contributed by atoms with Crippen molar-refractivity contribution in [2.45, 2.75) is 6.04 Å². The molecule has 2 unspecified atom stereocenters. The van der Waals surface area contributed by atoms with Crippen molar-refractivity contribution in [1.29, 1.82) is 5.26 Å². The molecule has 1 aliphatic rings. The van der Waals surface area contributed by atoms with Gasteiger partial charge in [-0.2, -0.15) is 5.26 Å². The molecule has 0 aromatic heterocycles. The lowest BCUT2D eigenvalue weighted by molar-refractivity contribution is -0.141. The van der Waals surface area contributed by atoms with Gasteiger partial charge in [0.05, 0.1) is 29.8 Å². The minimum absolute atomic E-state index is 0.217. The highest BCUT2D eigenvalue weighted by molar-refractivity contribution is 6.32. The molecule has 1 saturated heterocycles. The van der Waals surface area contributed by atoms with Crippen molar-refractivity contribution in [3.8, 4) is 6.07 Å². The molecule has 5 nitrogen and oxygen atoms in total. The van der Waals surface area contributed by atoms with Gasteiger partial charge in [-0.15, -0.1) is 0 Å². The predicted octanol–water partition coefficient (Wildman–Crippen LogP) is 1.75. The van der Waals surface area contributed by atoms with Gasteiger partial charge < -0.3 is 14.7 Å². The number of nitriles is 1. The lowest BCUT2D eigenvalue weighted by atomic mass is 10.0. The molecule has 1 aromatic rings. The molecule has 0 bridgehead atoms. The summed E-state index contributed by atoms with van der Waals surface area (Å²) in [7, 11) is 1.80. The van der Waals surface area contributed by atoms with Crippen LogP contribution in [0, 0.1) is 17.2 Å². The Hall–Kier alpha value is -1.77. The van der Waals surface area contributed by atoms with Gasteiger partial charge in [0, 0.05) is 12.7 Å². The van der Waals surface area contributed by atoms with Crippen LogP contribution in [-0.4, -0.2) is 37.4 Å². The van der Waals surface area contributed by atoms with Crippen molar-refractivity contribution in [1.82, 2.24) is 0 Å². The molecular formula is C13H13ClN2O3. The number of carbonyl (C=O) groups is 1. The van der Waals surface area contributed by atoms with Gasteiger partial charge in [0.15, 0.2) is 0 Å². The SMILES string of the molecule is CN(c1ccc(C#N)c(Cl)c1)C1COCC1C(=O)O. The summed E-state index contributed by atoms with van der Waals surface area (Å²) in [5.41, 5.74) is 1.17. The van der Waals surface area contributed by atoms with Crippen molar-refractivity contribution < 1.29 is 14.6 Å². The normalized spacial score (nSPS) is 21.9. The first-order valence-electron chi connectivity index (χ1n) is 5.77. The van der Waals surface area contributed by atoms with Gasteiger partial charge in [0.1, 0.15) is 12.0 Å². The van der Waals surface area contributed by atoms with Gasteiger partial charge >= 0.3 is 5.97 Å². The Kier molecular flexibility index (Phi) is 3.93. The molecule has 1 aromatic carbocycles. The predicted molar refractivity (Wildman–Crippen MR) is 70.3 cm³/mol. The highest BCUT2D eigenvalue weighted by atomic mass is 35.5. The number of rotatable bonds is 3. The summed E-state index contributed by atoms with van der Waals surface area (Å²) in [5, 5.41) is 18.3. The van der Waals surface area contributed by atoms with Crippen LogP contribution in [0.25, 0.3) is 0 Å². The number of hydrogen-bond donors (Lipinski definition) is 1. The summed E-state index contributed by atoms with van der Waals surface area (Å²) >= 11 is 5.98. The quantitative estimate of drug-likeness (QED) is 0.913. The number of carboxylic acids is 1. The Morgan fingerprint density at radius 2 is 2.32 bits per heavy atom.